The fraction of sp³-hybridized carbons (Fsp3) is 0.238. The Morgan fingerprint density at radius 2 is 1.88 bits per heavy atom. The summed E-state index contributed by atoms with van der Waals surface area (Å²) in [5.74, 6) is -0.668. The number of carbonyl (C=O) groups excluding carboxylic acids is 2. The van der Waals surface area contributed by atoms with E-state index in [1.807, 2.05) is 22.4 Å². The highest BCUT2D eigenvalue weighted by molar-refractivity contribution is 7.88. The number of piperazine rings is 1. The Kier molecular flexibility index (Phi) is 6.04. The maximum atomic E-state index is 12.0. The number of sulfonamides is 1. The van der Waals surface area contributed by atoms with Crippen LogP contribution >= 0.6 is 11.3 Å². The molecule has 0 radical (unpaired) electrons. The summed E-state index contributed by atoms with van der Waals surface area (Å²) in [6.07, 6.45) is 3.55. The van der Waals surface area contributed by atoms with Gasteiger partial charge in [0, 0.05) is 48.2 Å². The van der Waals surface area contributed by atoms with E-state index in [0.717, 1.165) is 12.0 Å². The van der Waals surface area contributed by atoms with E-state index in [2.05, 4.69) is 9.97 Å². The monoisotopic (exact) mass is 471 g/mol. The number of amides is 1. The molecule has 0 unspecified atom stereocenters. The predicted molar refractivity (Wildman–Crippen MR) is 123 cm³/mol. The van der Waals surface area contributed by atoms with Crippen LogP contribution in [-0.4, -0.2) is 67.3 Å². The van der Waals surface area contributed by atoms with Crippen LogP contribution < -0.4 is 10.6 Å². The molecule has 166 valence electrons. The van der Waals surface area contributed by atoms with E-state index >= 15 is 0 Å². The number of benzene rings is 1. The summed E-state index contributed by atoms with van der Waals surface area (Å²) in [5, 5.41) is 2.37. The number of pyridine rings is 1. The molecule has 0 atom stereocenters. The summed E-state index contributed by atoms with van der Waals surface area (Å²) in [5.41, 5.74) is 8.75. The van der Waals surface area contributed by atoms with Gasteiger partial charge in [0.25, 0.3) is 5.91 Å². The van der Waals surface area contributed by atoms with Gasteiger partial charge in [0.15, 0.2) is 6.29 Å². The van der Waals surface area contributed by atoms with Crippen molar-refractivity contribution in [2.24, 2.45) is 5.73 Å². The second kappa shape index (κ2) is 8.77. The molecule has 32 heavy (non-hydrogen) atoms. The maximum absolute atomic E-state index is 12.0. The Hall–Kier alpha value is -3.15. The average Bonchev–Trinajstić information content (AvgIpc) is 3.28. The van der Waals surface area contributed by atoms with Crippen LogP contribution in [-0.2, 0) is 10.0 Å². The van der Waals surface area contributed by atoms with Gasteiger partial charge in [0.05, 0.1) is 23.8 Å². The first kappa shape index (κ1) is 22.1. The zero-order valence-electron chi connectivity index (χ0n) is 17.3. The fourth-order valence-corrected chi connectivity index (χ4v) is 5.28. The van der Waals surface area contributed by atoms with Crippen LogP contribution in [0.4, 0.5) is 5.69 Å². The van der Waals surface area contributed by atoms with E-state index in [1.54, 1.807) is 24.4 Å². The first-order valence-corrected chi connectivity index (χ1v) is 12.5. The number of hydrogen-bond acceptors (Lipinski definition) is 8. The van der Waals surface area contributed by atoms with Crippen molar-refractivity contribution in [2.45, 2.75) is 0 Å². The van der Waals surface area contributed by atoms with Crippen molar-refractivity contribution in [2.75, 3.05) is 37.3 Å². The van der Waals surface area contributed by atoms with Crippen molar-refractivity contribution in [3.05, 3.63) is 53.2 Å². The van der Waals surface area contributed by atoms with Crippen LogP contribution in [0.25, 0.3) is 21.8 Å². The number of thiazole rings is 1. The largest absolute Gasteiger partial charge is 0.368 e. The Bertz CT molecular complexity index is 1280. The van der Waals surface area contributed by atoms with Gasteiger partial charge in [-0.2, -0.15) is 4.31 Å². The molecule has 1 aromatic carbocycles. The lowest BCUT2D eigenvalue weighted by atomic mass is 10.1. The summed E-state index contributed by atoms with van der Waals surface area (Å²) in [6, 6.07) is 8.94. The van der Waals surface area contributed by atoms with Crippen molar-refractivity contribution < 1.29 is 18.0 Å². The number of carbonyl (C=O) groups is 2. The molecule has 1 saturated heterocycles. The van der Waals surface area contributed by atoms with Gasteiger partial charge in [-0.15, -0.1) is 11.3 Å². The molecule has 11 heteroatoms. The number of hydrogen-bond donors (Lipinski definition) is 1. The number of anilines is 1. The molecule has 0 spiro atoms. The van der Waals surface area contributed by atoms with E-state index in [0.29, 0.717) is 53.6 Å². The van der Waals surface area contributed by atoms with Crippen molar-refractivity contribution in [1.29, 1.82) is 0 Å². The normalized spacial score (nSPS) is 15.0. The van der Waals surface area contributed by atoms with Crippen LogP contribution in [0.2, 0.25) is 0 Å². The van der Waals surface area contributed by atoms with E-state index in [9.17, 15) is 18.0 Å². The minimum Gasteiger partial charge on any atom is -0.368 e. The Morgan fingerprint density at radius 1 is 1.16 bits per heavy atom. The molecule has 2 aromatic heterocycles. The van der Waals surface area contributed by atoms with E-state index < -0.39 is 15.9 Å². The zero-order chi connectivity index (χ0) is 22.9. The third-order valence-electron chi connectivity index (χ3n) is 5.28. The molecule has 0 saturated carbocycles. The molecule has 4 rings (SSSR count). The van der Waals surface area contributed by atoms with Gasteiger partial charge in [-0.25, -0.2) is 18.4 Å². The molecule has 9 nitrogen and oxygen atoms in total. The van der Waals surface area contributed by atoms with Crippen molar-refractivity contribution >= 4 is 39.2 Å². The minimum atomic E-state index is -3.23. The van der Waals surface area contributed by atoms with Crippen LogP contribution in [0, 0.1) is 0 Å². The van der Waals surface area contributed by atoms with Gasteiger partial charge >= 0.3 is 0 Å². The molecular formula is C21H21N5O4S2. The molecule has 0 aliphatic carbocycles. The second-order valence-electron chi connectivity index (χ2n) is 7.35. The molecule has 1 aliphatic rings. The van der Waals surface area contributed by atoms with Crippen LogP contribution in [0.3, 0.4) is 0 Å². The lowest BCUT2D eigenvalue weighted by Gasteiger charge is -2.34. The average molecular weight is 472 g/mol. The highest BCUT2D eigenvalue weighted by atomic mass is 32.2. The molecule has 1 amide bonds. The van der Waals surface area contributed by atoms with Gasteiger partial charge < -0.3 is 10.6 Å². The van der Waals surface area contributed by atoms with Crippen molar-refractivity contribution in [3.8, 4) is 21.8 Å². The number of nitrogens with two attached hydrogens (primary N) is 1. The molecule has 3 heterocycles. The number of aromatic nitrogens is 2. The zero-order valence-corrected chi connectivity index (χ0v) is 18.9. The molecule has 1 fully saturated rings. The third kappa shape index (κ3) is 4.40. The van der Waals surface area contributed by atoms with E-state index in [-0.39, 0.29) is 5.69 Å². The second-order valence-corrected chi connectivity index (χ2v) is 10.2. The van der Waals surface area contributed by atoms with Crippen LogP contribution in [0.15, 0.2) is 41.9 Å². The predicted octanol–water partition coefficient (Wildman–Crippen LogP) is 1.87. The number of primary amides is 1. The van der Waals surface area contributed by atoms with Crippen LogP contribution in [0.1, 0.15) is 20.8 Å². The summed E-state index contributed by atoms with van der Waals surface area (Å²) >= 11 is 1.33. The number of nitrogens with zero attached hydrogens (tertiary/aromatic N) is 4. The molecular weight excluding hydrogens is 450 g/mol. The summed E-state index contributed by atoms with van der Waals surface area (Å²) in [4.78, 5) is 34.3. The number of rotatable bonds is 6. The molecule has 2 N–H and O–H groups in total. The summed E-state index contributed by atoms with van der Waals surface area (Å²) in [6.45, 7) is 1.74. The lowest BCUT2D eigenvalue weighted by Crippen LogP contribution is -2.48. The Balaban J connectivity index is 1.68. The van der Waals surface area contributed by atoms with Gasteiger partial charge in [0.1, 0.15) is 10.7 Å². The van der Waals surface area contributed by atoms with Gasteiger partial charge in [-0.05, 0) is 6.07 Å². The summed E-state index contributed by atoms with van der Waals surface area (Å²) < 4.78 is 25.0. The fourth-order valence-electron chi connectivity index (χ4n) is 3.62. The highest BCUT2D eigenvalue weighted by Gasteiger charge is 2.25. The quantitative estimate of drug-likeness (QED) is 0.544. The number of aldehydes is 1. The van der Waals surface area contributed by atoms with Gasteiger partial charge in [-0.3, -0.25) is 9.59 Å². The van der Waals surface area contributed by atoms with Crippen LogP contribution in [0.5, 0.6) is 0 Å². The third-order valence-corrected chi connectivity index (χ3v) is 7.46. The Labute approximate surface area is 189 Å². The standard InChI is InChI=1S/C21H21N5O4S2/c1-32(29,30)26-8-6-25(7-9-26)15-10-17(19(20(22)28)23-11-15)21-24-18(13-31-21)16-5-3-2-4-14(16)12-27/h2-5,10-13H,6-9H2,1H3,(H2,22,28). The lowest BCUT2D eigenvalue weighted by molar-refractivity contribution is 0.0996. The summed E-state index contributed by atoms with van der Waals surface area (Å²) in [7, 11) is -3.23. The topological polar surface area (TPSA) is 127 Å². The first-order valence-electron chi connectivity index (χ1n) is 9.78. The van der Waals surface area contributed by atoms with E-state index in [4.69, 9.17) is 5.73 Å². The highest BCUT2D eigenvalue weighted by Crippen LogP contribution is 2.33. The molecule has 3 aromatic rings. The van der Waals surface area contributed by atoms with E-state index in [1.165, 1.54) is 21.9 Å². The molecule has 1 aliphatic heterocycles. The van der Waals surface area contributed by atoms with Crippen molar-refractivity contribution in [1.82, 2.24) is 14.3 Å². The smallest absolute Gasteiger partial charge is 0.268 e. The minimum absolute atomic E-state index is 0.105. The molecule has 0 bridgehead atoms. The first-order chi connectivity index (χ1) is 15.3. The van der Waals surface area contributed by atoms with Gasteiger partial charge in [0.2, 0.25) is 10.0 Å². The SMILES string of the molecule is CS(=O)(=O)N1CCN(c2cnc(C(N)=O)c(-c3nc(-c4ccccc4C=O)cs3)c2)CC1. The Morgan fingerprint density at radius 3 is 2.53 bits per heavy atom. The van der Waals surface area contributed by atoms with Gasteiger partial charge in [-0.1, -0.05) is 24.3 Å². The van der Waals surface area contributed by atoms with Crippen molar-refractivity contribution in [3.63, 3.8) is 0 Å². The maximum Gasteiger partial charge on any atom is 0.268 e.